The summed E-state index contributed by atoms with van der Waals surface area (Å²) in [6.45, 7) is 2.43. The van der Waals surface area contributed by atoms with Crippen LogP contribution in [0.2, 0.25) is 0 Å². The largest absolute Gasteiger partial charge is 0.338 e. The molecule has 31 heavy (non-hydrogen) atoms. The van der Waals surface area contributed by atoms with E-state index in [1.165, 1.54) is 19.3 Å². The molecule has 3 saturated carbocycles. The van der Waals surface area contributed by atoms with Gasteiger partial charge < -0.3 is 15.5 Å². The molecule has 0 aromatic heterocycles. The molecule has 2 bridgehead atoms. The van der Waals surface area contributed by atoms with Crippen molar-refractivity contribution in [1.82, 2.24) is 10.2 Å². The quantitative estimate of drug-likeness (QED) is 0.709. The van der Waals surface area contributed by atoms with E-state index in [0.717, 1.165) is 37.8 Å². The summed E-state index contributed by atoms with van der Waals surface area (Å²) in [5.74, 6) is 1.48. The number of likely N-dealkylation sites (N-methyl/N-ethyl adjacent to an activating group) is 1. The van der Waals surface area contributed by atoms with Gasteiger partial charge in [-0.15, -0.1) is 0 Å². The fraction of sp³-hybridized carbons (Fsp3) is 0.615. The molecular weight excluding hydrogens is 386 g/mol. The van der Waals surface area contributed by atoms with E-state index in [0.29, 0.717) is 17.9 Å². The fourth-order valence-corrected chi connectivity index (χ4v) is 7.63. The molecule has 166 valence electrons. The van der Waals surface area contributed by atoms with Gasteiger partial charge in [0, 0.05) is 30.2 Å². The maximum Gasteiger partial charge on any atom is 0.319 e. The number of para-hydroxylation sites is 1. The van der Waals surface area contributed by atoms with Crippen molar-refractivity contribution >= 4 is 17.6 Å². The minimum absolute atomic E-state index is 0.0873. The molecule has 1 aromatic rings. The van der Waals surface area contributed by atoms with Crippen LogP contribution in [0.3, 0.4) is 0 Å². The van der Waals surface area contributed by atoms with Crippen molar-refractivity contribution in [2.24, 2.45) is 22.7 Å². The van der Waals surface area contributed by atoms with E-state index in [2.05, 4.69) is 23.6 Å². The van der Waals surface area contributed by atoms with Crippen LogP contribution in [0, 0.1) is 22.7 Å². The Morgan fingerprint density at radius 1 is 1.10 bits per heavy atom. The van der Waals surface area contributed by atoms with Crippen molar-refractivity contribution in [3.8, 4) is 0 Å². The minimum Gasteiger partial charge on any atom is -0.338 e. The number of urea groups is 1. The van der Waals surface area contributed by atoms with Crippen molar-refractivity contribution in [2.45, 2.75) is 70.4 Å². The SMILES string of the molecule is CN1C(=O)C=C[C@@]23CCC[C@]4(C)[C@@H](NC(=O)Nc5ccccc5)CC[C@H]4[C@H](CC[C@@H]12)C3. The van der Waals surface area contributed by atoms with Gasteiger partial charge in [0.15, 0.2) is 0 Å². The molecule has 1 heterocycles. The summed E-state index contributed by atoms with van der Waals surface area (Å²) in [7, 11) is 1.99. The van der Waals surface area contributed by atoms with Crippen LogP contribution in [0.15, 0.2) is 42.5 Å². The molecule has 1 spiro atoms. The molecular formula is C26H35N3O2. The highest BCUT2D eigenvalue weighted by molar-refractivity contribution is 5.89. The van der Waals surface area contributed by atoms with E-state index in [1.807, 2.05) is 48.4 Å². The van der Waals surface area contributed by atoms with Crippen LogP contribution in [0.4, 0.5) is 10.5 Å². The lowest BCUT2D eigenvalue weighted by molar-refractivity contribution is -0.133. The third-order valence-corrected chi connectivity index (χ3v) is 9.16. The third kappa shape index (κ3) is 3.46. The van der Waals surface area contributed by atoms with Gasteiger partial charge in [0.25, 0.3) is 0 Å². The van der Waals surface area contributed by atoms with Gasteiger partial charge in [-0.2, -0.15) is 0 Å². The standard InChI is InChI=1S/C26H35N3O2/c1-25-14-6-15-26-16-13-23(30)29(2)22(26)12-9-18(17-26)20(25)10-11-21(25)28-24(31)27-19-7-4-3-5-8-19/h3-5,7-8,13,16,18,20-22H,6,9-12,14-15,17H2,1-2H3,(H2,27,28,31)/t18-,20+,21+,22-,25+,26-/m1/s1. The van der Waals surface area contributed by atoms with Crippen LogP contribution in [0.25, 0.3) is 0 Å². The first-order chi connectivity index (χ1) is 14.9. The molecule has 5 rings (SSSR count). The smallest absolute Gasteiger partial charge is 0.319 e. The van der Waals surface area contributed by atoms with Crippen molar-refractivity contribution in [2.75, 3.05) is 12.4 Å². The first-order valence-electron chi connectivity index (χ1n) is 12.0. The zero-order chi connectivity index (χ0) is 21.6. The number of hydrogen-bond acceptors (Lipinski definition) is 2. The number of amides is 3. The number of nitrogens with one attached hydrogen (secondary N) is 2. The maximum absolute atomic E-state index is 12.7. The van der Waals surface area contributed by atoms with E-state index in [-0.39, 0.29) is 28.8 Å². The van der Waals surface area contributed by atoms with Gasteiger partial charge >= 0.3 is 6.03 Å². The molecule has 4 aliphatic rings. The summed E-state index contributed by atoms with van der Waals surface area (Å²) in [5, 5.41) is 6.34. The Balaban J connectivity index is 1.33. The molecule has 0 radical (unpaired) electrons. The number of carbonyl (C=O) groups is 2. The maximum atomic E-state index is 12.7. The summed E-state index contributed by atoms with van der Waals surface area (Å²) in [5.41, 5.74) is 1.14. The molecule has 5 heteroatoms. The Kier molecular flexibility index (Phi) is 5.10. The Morgan fingerprint density at radius 3 is 2.71 bits per heavy atom. The van der Waals surface area contributed by atoms with E-state index < -0.39 is 0 Å². The van der Waals surface area contributed by atoms with Crippen LogP contribution in [-0.2, 0) is 4.79 Å². The number of rotatable bonds is 2. The highest BCUT2D eigenvalue weighted by Gasteiger charge is 2.56. The lowest BCUT2D eigenvalue weighted by atomic mass is 9.54. The van der Waals surface area contributed by atoms with Gasteiger partial charge in [-0.1, -0.05) is 37.6 Å². The average molecular weight is 422 g/mol. The molecule has 0 unspecified atom stereocenters. The first-order valence-corrected chi connectivity index (χ1v) is 12.0. The van der Waals surface area contributed by atoms with E-state index in [4.69, 9.17) is 0 Å². The van der Waals surface area contributed by atoms with Crippen molar-refractivity contribution < 1.29 is 9.59 Å². The number of hydrogen-bond donors (Lipinski definition) is 2. The predicted octanol–water partition coefficient (Wildman–Crippen LogP) is 4.96. The molecule has 1 aliphatic heterocycles. The first kappa shape index (κ1) is 20.6. The van der Waals surface area contributed by atoms with Crippen LogP contribution >= 0.6 is 0 Å². The predicted molar refractivity (Wildman–Crippen MR) is 123 cm³/mol. The molecule has 0 saturated heterocycles. The van der Waals surface area contributed by atoms with Gasteiger partial charge in [-0.25, -0.2) is 4.79 Å². The lowest BCUT2D eigenvalue weighted by Gasteiger charge is -2.55. The van der Waals surface area contributed by atoms with Gasteiger partial charge in [0.1, 0.15) is 0 Å². The molecule has 3 aliphatic carbocycles. The molecule has 3 fully saturated rings. The van der Waals surface area contributed by atoms with Gasteiger partial charge in [-0.05, 0) is 80.4 Å². The second-order valence-corrected chi connectivity index (χ2v) is 10.6. The summed E-state index contributed by atoms with van der Waals surface area (Å²) < 4.78 is 0. The summed E-state index contributed by atoms with van der Waals surface area (Å²) in [6, 6.07) is 10.2. The van der Waals surface area contributed by atoms with Crippen molar-refractivity contribution in [1.29, 1.82) is 0 Å². The van der Waals surface area contributed by atoms with Crippen LogP contribution in [0.5, 0.6) is 0 Å². The zero-order valence-corrected chi connectivity index (χ0v) is 18.8. The normalized spacial score (nSPS) is 39.2. The van der Waals surface area contributed by atoms with Gasteiger partial charge in [-0.3, -0.25) is 4.79 Å². The van der Waals surface area contributed by atoms with Crippen molar-refractivity contribution in [3.05, 3.63) is 42.5 Å². The van der Waals surface area contributed by atoms with Crippen LogP contribution in [-0.4, -0.2) is 36.0 Å². The number of anilines is 1. The zero-order valence-electron chi connectivity index (χ0n) is 18.8. The number of benzene rings is 1. The highest BCUT2D eigenvalue weighted by Crippen LogP contribution is 2.60. The molecule has 5 nitrogen and oxygen atoms in total. The average Bonchev–Trinajstić information content (AvgIpc) is 3.06. The lowest BCUT2D eigenvalue weighted by Crippen LogP contribution is -2.56. The second-order valence-electron chi connectivity index (χ2n) is 10.6. The Hall–Kier alpha value is -2.30. The summed E-state index contributed by atoms with van der Waals surface area (Å²) in [4.78, 5) is 27.0. The Bertz CT molecular complexity index is 884. The second kappa shape index (κ2) is 7.68. The third-order valence-electron chi connectivity index (χ3n) is 9.16. The highest BCUT2D eigenvalue weighted by atomic mass is 16.2. The van der Waals surface area contributed by atoms with E-state index in [9.17, 15) is 9.59 Å². The monoisotopic (exact) mass is 421 g/mol. The Morgan fingerprint density at radius 2 is 1.90 bits per heavy atom. The molecule has 3 amide bonds. The van der Waals surface area contributed by atoms with E-state index >= 15 is 0 Å². The minimum atomic E-state index is -0.0873. The number of nitrogens with zero attached hydrogens (tertiary/aromatic N) is 1. The van der Waals surface area contributed by atoms with Gasteiger partial charge in [0.05, 0.1) is 0 Å². The number of fused-ring (bicyclic) bond motifs is 3. The fourth-order valence-electron chi connectivity index (χ4n) is 7.63. The van der Waals surface area contributed by atoms with E-state index in [1.54, 1.807) is 0 Å². The molecule has 6 atom stereocenters. The Labute approximate surface area is 185 Å². The summed E-state index contributed by atoms with van der Waals surface area (Å²) >= 11 is 0. The van der Waals surface area contributed by atoms with Crippen molar-refractivity contribution in [3.63, 3.8) is 0 Å². The number of carbonyl (C=O) groups excluding carboxylic acids is 2. The van der Waals surface area contributed by atoms with Crippen LogP contribution in [0.1, 0.15) is 58.3 Å². The summed E-state index contributed by atoms with van der Waals surface area (Å²) in [6.07, 6.45) is 13.3. The van der Waals surface area contributed by atoms with Crippen LogP contribution < -0.4 is 10.6 Å². The topological polar surface area (TPSA) is 61.4 Å². The molecule has 1 aromatic carbocycles. The molecule has 2 N–H and O–H groups in total. The van der Waals surface area contributed by atoms with Gasteiger partial charge in [0.2, 0.25) is 5.91 Å².